The van der Waals surface area contributed by atoms with E-state index in [1.54, 1.807) is 23.7 Å². The minimum Gasteiger partial charge on any atom is -0.236 e. The van der Waals surface area contributed by atoms with E-state index in [-0.39, 0.29) is 0 Å². The molecule has 0 unspecified atom stereocenters. The molecule has 0 aliphatic carbocycles. The molecule has 0 bridgehead atoms. The van der Waals surface area contributed by atoms with Gasteiger partial charge in [0.15, 0.2) is 5.82 Å². The first-order chi connectivity index (χ1) is 6.90. The highest BCUT2D eigenvalue weighted by Gasteiger charge is 2.03. The molecule has 2 aromatic heterocycles. The van der Waals surface area contributed by atoms with Crippen molar-refractivity contribution in [1.82, 2.24) is 9.97 Å². The Hall–Kier alpha value is -1.22. The lowest BCUT2D eigenvalue weighted by Crippen LogP contribution is -1.82. The Morgan fingerprint density at radius 1 is 1.21 bits per heavy atom. The summed E-state index contributed by atoms with van der Waals surface area (Å²) < 4.78 is 0. The summed E-state index contributed by atoms with van der Waals surface area (Å²) in [4.78, 5) is 11.0. The average Bonchev–Trinajstić information content (AvgIpc) is 2.68. The molecule has 0 aliphatic rings. The van der Waals surface area contributed by atoms with Crippen molar-refractivity contribution in [2.75, 3.05) is 0 Å². The van der Waals surface area contributed by atoms with E-state index in [1.807, 2.05) is 6.07 Å². The molecule has 0 atom stereocenters. The molecule has 0 aromatic carbocycles. The Morgan fingerprint density at radius 2 is 2.00 bits per heavy atom. The van der Waals surface area contributed by atoms with Crippen LogP contribution in [0.25, 0.3) is 10.7 Å². The van der Waals surface area contributed by atoms with Crippen LogP contribution < -0.4 is 0 Å². The molecule has 2 rings (SSSR count). The summed E-state index contributed by atoms with van der Waals surface area (Å²) in [5, 5.41) is 0. The first kappa shape index (κ1) is 9.34. The van der Waals surface area contributed by atoms with Crippen molar-refractivity contribution in [1.29, 1.82) is 0 Å². The molecule has 0 fully saturated rings. The van der Waals surface area contributed by atoms with Gasteiger partial charge in [-0.05, 0) is 24.6 Å². The molecule has 14 heavy (non-hydrogen) atoms. The molecule has 0 saturated carbocycles. The monoisotopic (exact) mass is 204 g/mol. The van der Waals surface area contributed by atoms with Gasteiger partial charge in [-0.1, -0.05) is 13.3 Å². The van der Waals surface area contributed by atoms with Gasteiger partial charge in [-0.15, -0.1) is 11.3 Å². The lowest BCUT2D eigenvalue weighted by Gasteiger charge is -1.92. The van der Waals surface area contributed by atoms with Crippen LogP contribution in [0, 0.1) is 0 Å². The number of hydrogen-bond donors (Lipinski definition) is 0. The van der Waals surface area contributed by atoms with Gasteiger partial charge in [0.1, 0.15) is 0 Å². The Bertz CT molecular complexity index is 395. The highest BCUT2D eigenvalue weighted by Crippen LogP contribution is 2.25. The molecule has 0 N–H and O–H groups in total. The summed E-state index contributed by atoms with van der Waals surface area (Å²) in [7, 11) is 0. The predicted molar refractivity (Wildman–Crippen MR) is 59.3 cm³/mol. The highest BCUT2D eigenvalue weighted by molar-refractivity contribution is 7.15. The van der Waals surface area contributed by atoms with Crippen LogP contribution in [0.1, 0.15) is 18.2 Å². The van der Waals surface area contributed by atoms with Crippen molar-refractivity contribution in [2.45, 2.75) is 19.8 Å². The molecule has 3 heteroatoms. The van der Waals surface area contributed by atoms with Crippen molar-refractivity contribution >= 4 is 11.3 Å². The van der Waals surface area contributed by atoms with E-state index in [2.05, 4.69) is 29.0 Å². The van der Waals surface area contributed by atoms with Crippen molar-refractivity contribution in [3.05, 3.63) is 35.5 Å². The van der Waals surface area contributed by atoms with Crippen LogP contribution in [0.5, 0.6) is 0 Å². The zero-order valence-corrected chi connectivity index (χ0v) is 8.92. The number of thiophene rings is 1. The first-order valence-electron chi connectivity index (χ1n) is 4.76. The number of aromatic nitrogens is 2. The third-order valence-corrected chi connectivity index (χ3v) is 3.09. The molecular weight excluding hydrogens is 192 g/mol. The zero-order chi connectivity index (χ0) is 9.80. The second-order valence-electron chi connectivity index (χ2n) is 3.09. The lowest BCUT2D eigenvalue weighted by molar-refractivity contribution is 0.940. The van der Waals surface area contributed by atoms with Crippen LogP contribution in [-0.2, 0) is 6.42 Å². The number of nitrogens with zero attached hydrogens (tertiary/aromatic N) is 2. The Morgan fingerprint density at radius 3 is 2.71 bits per heavy atom. The zero-order valence-electron chi connectivity index (χ0n) is 8.10. The average molecular weight is 204 g/mol. The third kappa shape index (κ3) is 1.99. The number of hydrogen-bond acceptors (Lipinski definition) is 3. The van der Waals surface area contributed by atoms with Gasteiger partial charge in [0.05, 0.1) is 4.88 Å². The molecule has 2 heterocycles. The minimum absolute atomic E-state index is 0.833. The van der Waals surface area contributed by atoms with E-state index in [1.165, 1.54) is 11.3 Å². The molecule has 2 nitrogen and oxygen atoms in total. The first-order valence-corrected chi connectivity index (χ1v) is 5.58. The van der Waals surface area contributed by atoms with E-state index in [9.17, 15) is 0 Å². The molecule has 0 saturated heterocycles. The summed E-state index contributed by atoms with van der Waals surface area (Å²) in [6.07, 6.45) is 5.90. The number of rotatable bonds is 3. The van der Waals surface area contributed by atoms with Crippen molar-refractivity contribution in [2.24, 2.45) is 0 Å². The van der Waals surface area contributed by atoms with Crippen LogP contribution >= 0.6 is 11.3 Å². The second-order valence-corrected chi connectivity index (χ2v) is 4.26. The van der Waals surface area contributed by atoms with E-state index in [0.717, 1.165) is 17.1 Å². The maximum Gasteiger partial charge on any atom is 0.169 e. The molecule has 0 radical (unpaired) electrons. The van der Waals surface area contributed by atoms with Gasteiger partial charge in [-0.3, -0.25) is 0 Å². The van der Waals surface area contributed by atoms with Crippen molar-refractivity contribution in [3.63, 3.8) is 0 Å². The molecule has 0 amide bonds. The van der Waals surface area contributed by atoms with Gasteiger partial charge >= 0.3 is 0 Å². The third-order valence-electron chi connectivity index (χ3n) is 1.94. The summed E-state index contributed by atoms with van der Waals surface area (Å²) in [6.45, 7) is 2.19. The van der Waals surface area contributed by atoms with Crippen LogP contribution in [0.15, 0.2) is 30.6 Å². The molecule has 0 spiro atoms. The smallest absolute Gasteiger partial charge is 0.169 e. The van der Waals surface area contributed by atoms with Gasteiger partial charge in [0, 0.05) is 17.3 Å². The predicted octanol–water partition coefficient (Wildman–Crippen LogP) is 3.16. The van der Waals surface area contributed by atoms with E-state index in [0.29, 0.717) is 0 Å². The van der Waals surface area contributed by atoms with Crippen LogP contribution in [0.2, 0.25) is 0 Å². The van der Waals surface area contributed by atoms with Gasteiger partial charge in [-0.25, -0.2) is 9.97 Å². The summed E-state index contributed by atoms with van der Waals surface area (Å²) >= 11 is 1.79. The second kappa shape index (κ2) is 4.33. The molecule has 0 aliphatic heterocycles. The van der Waals surface area contributed by atoms with Gasteiger partial charge in [-0.2, -0.15) is 0 Å². The van der Waals surface area contributed by atoms with Gasteiger partial charge in [0.2, 0.25) is 0 Å². The van der Waals surface area contributed by atoms with Gasteiger partial charge in [0.25, 0.3) is 0 Å². The largest absolute Gasteiger partial charge is 0.236 e. The number of aryl methyl sites for hydroxylation is 1. The fourth-order valence-electron chi connectivity index (χ4n) is 1.31. The Kier molecular flexibility index (Phi) is 2.89. The fraction of sp³-hybridized carbons (Fsp3) is 0.273. The van der Waals surface area contributed by atoms with Crippen LogP contribution in [0.3, 0.4) is 0 Å². The normalized spacial score (nSPS) is 10.4. The van der Waals surface area contributed by atoms with E-state index >= 15 is 0 Å². The minimum atomic E-state index is 0.833. The summed E-state index contributed by atoms with van der Waals surface area (Å²) in [6, 6.07) is 6.11. The standard InChI is InChI=1S/C11H12N2S/c1-2-4-9-5-6-10(14-9)11-12-7-3-8-13-11/h3,5-8H,2,4H2,1H3. The summed E-state index contributed by atoms with van der Waals surface area (Å²) in [5.74, 6) is 0.833. The lowest BCUT2D eigenvalue weighted by atomic mass is 10.3. The molecule has 72 valence electrons. The highest BCUT2D eigenvalue weighted by atomic mass is 32.1. The fourth-order valence-corrected chi connectivity index (χ4v) is 2.36. The molecule has 2 aromatic rings. The van der Waals surface area contributed by atoms with Crippen molar-refractivity contribution in [3.8, 4) is 10.7 Å². The van der Waals surface area contributed by atoms with Gasteiger partial charge < -0.3 is 0 Å². The maximum atomic E-state index is 4.22. The Labute approximate surface area is 87.7 Å². The topological polar surface area (TPSA) is 25.8 Å². The van der Waals surface area contributed by atoms with E-state index in [4.69, 9.17) is 0 Å². The SMILES string of the molecule is CCCc1ccc(-c2ncccn2)s1. The quantitative estimate of drug-likeness (QED) is 0.767. The molecular formula is C11H12N2S. The van der Waals surface area contributed by atoms with Crippen LogP contribution in [-0.4, -0.2) is 9.97 Å². The summed E-state index contributed by atoms with van der Waals surface area (Å²) in [5.41, 5.74) is 0. The van der Waals surface area contributed by atoms with Crippen LogP contribution in [0.4, 0.5) is 0 Å². The maximum absolute atomic E-state index is 4.22. The van der Waals surface area contributed by atoms with E-state index < -0.39 is 0 Å². The Balaban J connectivity index is 2.25. The van der Waals surface area contributed by atoms with Crippen molar-refractivity contribution < 1.29 is 0 Å².